The zero-order valence-corrected chi connectivity index (χ0v) is 13.3. The summed E-state index contributed by atoms with van der Waals surface area (Å²) in [6.45, 7) is 0.0123. The van der Waals surface area contributed by atoms with Crippen LogP contribution < -0.4 is 10.6 Å². The highest BCUT2D eigenvalue weighted by molar-refractivity contribution is 7.15. The van der Waals surface area contributed by atoms with Crippen molar-refractivity contribution in [3.63, 3.8) is 0 Å². The van der Waals surface area contributed by atoms with Crippen molar-refractivity contribution in [1.82, 2.24) is 5.32 Å². The summed E-state index contributed by atoms with van der Waals surface area (Å²) in [5.74, 6) is 0.207. The maximum atomic E-state index is 13.5. The molecule has 2 aromatic heterocycles. The number of aliphatic hydroxyl groups excluding tert-OH is 1. The lowest BCUT2D eigenvalue weighted by Gasteiger charge is -2.11. The molecule has 0 spiro atoms. The van der Waals surface area contributed by atoms with Gasteiger partial charge in [-0.05, 0) is 36.4 Å². The van der Waals surface area contributed by atoms with Crippen molar-refractivity contribution in [2.75, 3.05) is 11.9 Å². The molecule has 2 amide bonds. The molecule has 0 aliphatic carbocycles. The van der Waals surface area contributed by atoms with E-state index in [0.29, 0.717) is 4.88 Å². The fourth-order valence-electron chi connectivity index (χ4n) is 2.10. The fourth-order valence-corrected chi connectivity index (χ4v) is 3.06. The van der Waals surface area contributed by atoms with Crippen molar-refractivity contribution in [1.29, 1.82) is 0 Å². The summed E-state index contributed by atoms with van der Waals surface area (Å²) in [6.07, 6.45) is 0.727. The third-order valence-corrected chi connectivity index (χ3v) is 4.50. The largest absolute Gasteiger partial charge is 0.464 e. The number of furan rings is 1. The molecule has 24 heavy (non-hydrogen) atoms. The van der Waals surface area contributed by atoms with Crippen LogP contribution in [-0.4, -0.2) is 17.7 Å². The van der Waals surface area contributed by atoms with E-state index >= 15 is 0 Å². The number of urea groups is 1. The Morgan fingerprint density at radius 1 is 1.21 bits per heavy atom. The lowest BCUT2D eigenvalue weighted by atomic mass is 10.3. The van der Waals surface area contributed by atoms with Crippen LogP contribution in [-0.2, 0) is 0 Å². The Balaban J connectivity index is 1.55. The van der Waals surface area contributed by atoms with Crippen LogP contribution in [0.3, 0.4) is 0 Å². The van der Waals surface area contributed by atoms with Crippen LogP contribution in [0.15, 0.2) is 59.2 Å². The molecule has 1 aromatic carbocycles. The molecule has 1 atom stereocenters. The van der Waals surface area contributed by atoms with Gasteiger partial charge in [0.05, 0.1) is 23.4 Å². The summed E-state index contributed by atoms with van der Waals surface area (Å²) in [7, 11) is 0. The van der Waals surface area contributed by atoms with Crippen LogP contribution in [0.2, 0.25) is 0 Å². The maximum Gasteiger partial charge on any atom is 0.319 e. The van der Waals surface area contributed by atoms with Gasteiger partial charge in [-0.3, -0.25) is 0 Å². The van der Waals surface area contributed by atoms with E-state index < -0.39 is 18.0 Å². The topological polar surface area (TPSA) is 74.5 Å². The molecular weight excluding hydrogens is 331 g/mol. The van der Waals surface area contributed by atoms with E-state index in [1.165, 1.54) is 29.5 Å². The number of carbonyl (C=O) groups excluding carboxylic acids is 1. The van der Waals surface area contributed by atoms with Crippen molar-refractivity contribution in [3.8, 4) is 10.6 Å². The lowest BCUT2D eigenvalue weighted by Crippen LogP contribution is -2.32. The molecule has 0 aliphatic heterocycles. The van der Waals surface area contributed by atoms with Gasteiger partial charge in [0, 0.05) is 4.88 Å². The third kappa shape index (κ3) is 3.81. The normalized spacial score (nSPS) is 11.9. The lowest BCUT2D eigenvalue weighted by molar-refractivity contribution is 0.178. The second-order valence-corrected chi connectivity index (χ2v) is 6.13. The first-order chi connectivity index (χ1) is 11.6. The molecule has 124 valence electrons. The van der Waals surface area contributed by atoms with Crippen LogP contribution in [0, 0.1) is 5.82 Å². The van der Waals surface area contributed by atoms with Crippen molar-refractivity contribution >= 4 is 23.1 Å². The summed E-state index contributed by atoms with van der Waals surface area (Å²) in [5.41, 5.74) is 0.0840. The summed E-state index contributed by atoms with van der Waals surface area (Å²) in [4.78, 5) is 13.4. The first-order valence-electron chi connectivity index (χ1n) is 7.24. The average molecular weight is 346 g/mol. The predicted molar refractivity (Wildman–Crippen MR) is 90.4 cm³/mol. The number of para-hydroxylation sites is 1. The molecule has 3 aromatic rings. The Morgan fingerprint density at radius 2 is 2.04 bits per heavy atom. The molecule has 3 rings (SSSR count). The summed E-state index contributed by atoms with van der Waals surface area (Å²) >= 11 is 1.38. The van der Waals surface area contributed by atoms with Crippen molar-refractivity contribution in [2.24, 2.45) is 0 Å². The molecule has 0 aliphatic rings. The van der Waals surface area contributed by atoms with Gasteiger partial charge >= 0.3 is 6.03 Å². The van der Waals surface area contributed by atoms with Gasteiger partial charge in [-0.25, -0.2) is 9.18 Å². The quantitative estimate of drug-likeness (QED) is 0.654. The summed E-state index contributed by atoms with van der Waals surface area (Å²) < 4.78 is 18.8. The van der Waals surface area contributed by atoms with Crippen LogP contribution in [0.4, 0.5) is 14.9 Å². The van der Waals surface area contributed by atoms with E-state index in [2.05, 4.69) is 10.6 Å². The van der Waals surface area contributed by atoms with E-state index in [1.54, 1.807) is 24.5 Å². The highest BCUT2D eigenvalue weighted by Crippen LogP contribution is 2.31. The molecule has 0 radical (unpaired) electrons. The van der Waals surface area contributed by atoms with Crippen LogP contribution in [0.25, 0.3) is 10.6 Å². The Morgan fingerprint density at radius 3 is 2.79 bits per heavy atom. The number of hydrogen-bond donors (Lipinski definition) is 3. The smallest absolute Gasteiger partial charge is 0.319 e. The Labute approximate surface area is 141 Å². The number of rotatable bonds is 5. The number of amides is 2. The van der Waals surface area contributed by atoms with E-state index in [1.807, 2.05) is 12.1 Å². The number of nitrogens with one attached hydrogen (secondary N) is 2. The first kappa shape index (κ1) is 16.2. The number of hydrogen-bond acceptors (Lipinski definition) is 4. The monoisotopic (exact) mass is 346 g/mol. The minimum atomic E-state index is -0.856. The predicted octanol–water partition coefficient (Wildman–Crippen LogP) is 4.00. The molecule has 7 heteroatoms. The number of benzene rings is 1. The summed E-state index contributed by atoms with van der Waals surface area (Å²) in [6, 6.07) is 12.5. The van der Waals surface area contributed by atoms with Gasteiger partial charge in [-0.15, -0.1) is 11.3 Å². The minimum Gasteiger partial charge on any atom is -0.464 e. The fraction of sp³-hybridized carbons (Fsp3) is 0.118. The minimum absolute atomic E-state index is 0.0123. The molecule has 0 bridgehead atoms. The van der Waals surface area contributed by atoms with E-state index in [4.69, 9.17) is 4.42 Å². The number of halogens is 1. The number of aliphatic hydroxyl groups is 1. The molecule has 5 nitrogen and oxygen atoms in total. The molecule has 0 saturated heterocycles. The van der Waals surface area contributed by atoms with Crippen LogP contribution in [0.1, 0.15) is 11.0 Å². The van der Waals surface area contributed by atoms with Gasteiger partial charge in [0.1, 0.15) is 17.7 Å². The Kier molecular flexibility index (Phi) is 4.93. The molecule has 1 unspecified atom stereocenters. The highest BCUT2D eigenvalue weighted by atomic mass is 32.1. The molecule has 3 N–H and O–H groups in total. The van der Waals surface area contributed by atoms with Crippen molar-refractivity contribution in [3.05, 3.63) is 65.5 Å². The van der Waals surface area contributed by atoms with Gasteiger partial charge in [-0.2, -0.15) is 0 Å². The Bertz CT molecular complexity index is 817. The van der Waals surface area contributed by atoms with Crippen molar-refractivity contribution < 1.29 is 18.7 Å². The standard InChI is InChI=1S/C17H15FN2O3S/c18-11-4-1-2-5-12(11)20-17(22)19-10-13(21)15-7-8-16(24-15)14-6-3-9-23-14/h1-9,13,21H,10H2,(H2,19,20,22). The van der Waals surface area contributed by atoms with E-state index in [9.17, 15) is 14.3 Å². The summed E-state index contributed by atoms with van der Waals surface area (Å²) in [5, 5.41) is 15.1. The Hall–Kier alpha value is -2.64. The van der Waals surface area contributed by atoms with Gasteiger partial charge in [0.25, 0.3) is 0 Å². The first-order valence-corrected chi connectivity index (χ1v) is 8.06. The van der Waals surface area contributed by atoms with E-state index in [0.717, 1.165) is 10.6 Å². The molecule has 2 heterocycles. The van der Waals surface area contributed by atoms with Gasteiger partial charge < -0.3 is 20.2 Å². The zero-order valence-electron chi connectivity index (χ0n) is 12.5. The van der Waals surface area contributed by atoms with Crippen LogP contribution >= 0.6 is 11.3 Å². The second-order valence-electron chi connectivity index (χ2n) is 5.01. The zero-order chi connectivity index (χ0) is 16.9. The highest BCUT2D eigenvalue weighted by Gasteiger charge is 2.14. The SMILES string of the molecule is O=C(NCC(O)c1ccc(-c2ccco2)s1)Nc1ccccc1F. The van der Waals surface area contributed by atoms with Crippen molar-refractivity contribution in [2.45, 2.75) is 6.10 Å². The molecule has 0 saturated carbocycles. The molecular formula is C17H15FN2O3S. The molecule has 0 fully saturated rings. The number of thiophene rings is 1. The van der Waals surface area contributed by atoms with Crippen LogP contribution in [0.5, 0.6) is 0 Å². The van der Waals surface area contributed by atoms with E-state index in [-0.39, 0.29) is 12.2 Å². The third-order valence-electron chi connectivity index (χ3n) is 3.30. The number of anilines is 1. The average Bonchev–Trinajstić information content (AvgIpc) is 3.25. The van der Waals surface area contributed by atoms with Gasteiger partial charge in [-0.1, -0.05) is 12.1 Å². The second kappa shape index (κ2) is 7.29. The number of carbonyl (C=O) groups is 1. The maximum absolute atomic E-state index is 13.5. The van der Waals surface area contributed by atoms with Gasteiger partial charge in [0.15, 0.2) is 0 Å². The van der Waals surface area contributed by atoms with Gasteiger partial charge in [0.2, 0.25) is 0 Å².